The quantitative estimate of drug-likeness (QED) is 0.528. The van der Waals surface area contributed by atoms with Gasteiger partial charge in [0.05, 0.1) is 0 Å². The SMILES string of the molecule is Cc1nc(SCc2ccc(B(O)O)cc2)n[nH]1. The van der Waals surface area contributed by atoms with Crippen LogP contribution in [-0.2, 0) is 5.75 Å². The fourth-order valence-electron chi connectivity index (χ4n) is 1.32. The highest BCUT2D eigenvalue weighted by Crippen LogP contribution is 2.18. The highest BCUT2D eigenvalue weighted by Gasteiger charge is 2.09. The normalized spacial score (nSPS) is 10.5. The van der Waals surface area contributed by atoms with Gasteiger partial charge >= 0.3 is 7.12 Å². The number of aromatic amines is 1. The Balaban J connectivity index is 1.95. The van der Waals surface area contributed by atoms with E-state index in [9.17, 15) is 0 Å². The number of thioether (sulfide) groups is 1. The third kappa shape index (κ3) is 3.32. The van der Waals surface area contributed by atoms with Crippen molar-refractivity contribution < 1.29 is 10.0 Å². The average molecular weight is 249 g/mol. The van der Waals surface area contributed by atoms with Gasteiger partial charge in [0.2, 0.25) is 5.16 Å². The maximum Gasteiger partial charge on any atom is 0.488 e. The number of H-pyrrole nitrogens is 1. The summed E-state index contributed by atoms with van der Waals surface area (Å²) in [5, 5.41) is 25.4. The summed E-state index contributed by atoms with van der Waals surface area (Å²) in [4.78, 5) is 4.19. The molecule has 2 aromatic rings. The summed E-state index contributed by atoms with van der Waals surface area (Å²) in [6.07, 6.45) is 0. The van der Waals surface area contributed by atoms with Gasteiger partial charge in [-0.3, -0.25) is 5.10 Å². The first-order valence-corrected chi connectivity index (χ1v) is 6.10. The highest BCUT2D eigenvalue weighted by molar-refractivity contribution is 7.98. The Morgan fingerprint density at radius 1 is 1.29 bits per heavy atom. The highest BCUT2D eigenvalue weighted by atomic mass is 32.2. The summed E-state index contributed by atoms with van der Waals surface area (Å²) in [6, 6.07) is 7.12. The molecule has 7 heteroatoms. The number of benzene rings is 1. The molecule has 0 unspecified atom stereocenters. The molecule has 0 aliphatic heterocycles. The summed E-state index contributed by atoms with van der Waals surface area (Å²) >= 11 is 1.53. The van der Waals surface area contributed by atoms with E-state index in [0.717, 1.165) is 17.1 Å². The lowest BCUT2D eigenvalue weighted by Gasteiger charge is -2.01. The van der Waals surface area contributed by atoms with Crippen LogP contribution in [-0.4, -0.2) is 32.3 Å². The topological polar surface area (TPSA) is 82.0 Å². The van der Waals surface area contributed by atoms with Crippen LogP contribution in [0.15, 0.2) is 29.4 Å². The van der Waals surface area contributed by atoms with E-state index in [1.54, 1.807) is 12.1 Å². The summed E-state index contributed by atoms with van der Waals surface area (Å²) in [7, 11) is -1.41. The summed E-state index contributed by atoms with van der Waals surface area (Å²) in [5.74, 6) is 1.55. The van der Waals surface area contributed by atoms with E-state index in [4.69, 9.17) is 10.0 Å². The molecule has 0 bridgehead atoms. The van der Waals surface area contributed by atoms with Gasteiger partial charge in [-0.2, -0.15) is 0 Å². The van der Waals surface area contributed by atoms with Gasteiger partial charge in [0.15, 0.2) is 0 Å². The minimum absolute atomic E-state index is 0.493. The van der Waals surface area contributed by atoms with Crippen molar-refractivity contribution in [2.75, 3.05) is 0 Å². The number of aromatic nitrogens is 3. The van der Waals surface area contributed by atoms with Crippen molar-refractivity contribution in [1.29, 1.82) is 0 Å². The van der Waals surface area contributed by atoms with Gasteiger partial charge < -0.3 is 10.0 Å². The lowest BCUT2D eigenvalue weighted by atomic mass is 9.80. The number of nitrogens with one attached hydrogen (secondary N) is 1. The molecule has 0 aliphatic carbocycles. The second-order valence-corrected chi connectivity index (χ2v) is 4.55. The number of rotatable bonds is 4. The van der Waals surface area contributed by atoms with Crippen LogP contribution in [0.25, 0.3) is 0 Å². The summed E-state index contributed by atoms with van der Waals surface area (Å²) in [5.41, 5.74) is 1.58. The first-order chi connectivity index (χ1) is 8.15. The predicted molar refractivity (Wildman–Crippen MR) is 66.9 cm³/mol. The summed E-state index contributed by atoms with van der Waals surface area (Å²) < 4.78 is 0. The van der Waals surface area contributed by atoms with Crippen molar-refractivity contribution in [2.24, 2.45) is 0 Å². The van der Waals surface area contributed by atoms with E-state index in [0.29, 0.717) is 10.6 Å². The Morgan fingerprint density at radius 3 is 2.53 bits per heavy atom. The first kappa shape index (κ1) is 12.2. The van der Waals surface area contributed by atoms with E-state index in [1.807, 2.05) is 19.1 Å². The zero-order valence-corrected chi connectivity index (χ0v) is 10.1. The molecule has 5 nitrogen and oxygen atoms in total. The predicted octanol–water partition coefficient (Wildman–Crippen LogP) is 0.0852. The first-order valence-electron chi connectivity index (χ1n) is 5.12. The molecule has 17 heavy (non-hydrogen) atoms. The van der Waals surface area contributed by atoms with Gasteiger partial charge in [-0.25, -0.2) is 4.98 Å². The van der Waals surface area contributed by atoms with Gasteiger partial charge in [0, 0.05) is 5.75 Å². The van der Waals surface area contributed by atoms with Gasteiger partial charge in [-0.05, 0) is 17.9 Å². The zero-order valence-electron chi connectivity index (χ0n) is 9.29. The van der Waals surface area contributed by atoms with Crippen LogP contribution in [0.2, 0.25) is 0 Å². The molecule has 0 saturated heterocycles. The van der Waals surface area contributed by atoms with Crippen molar-refractivity contribution in [3.8, 4) is 0 Å². The molecule has 0 fully saturated rings. The molecular weight excluding hydrogens is 237 g/mol. The molecule has 1 heterocycles. The molecule has 0 radical (unpaired) electrons. The van der Waals surface area contributed by atoms with Crippen LogP contribution >= 0.6 is 11.8 Å². The maximum atomic E-state index is 8.95. The van der Waals surface area contributed by atoms with Crippen molar-refractivity contribution in [3.05, 3.63) is 35.7 Å². The average Bonchev–Trinajstić information content (AvgIpc) is 2.73. The van der Waals surface area contributed by atoms with Crippen LogP contribution in [0.1, 0.15) is 11.4 Å². The van der Waals surface area contributed by atoms with Crippen molar-refractivity contribution >= 4 is 24.3 Å². The maximum absolute atomic E-state index is 8.95. The van der Waals surface area contributed by atoms with Crippen LogP contribution in [0.4, 0.5) is 0 Å². The van der Waals surface area contributed by atoms with Crippen molar-refractivity contribution in [2.45, 2.75) is 17.8 Å². The molecule has 0 spiro atoms. The van der Waals surface area contributed by atoms with Crippen LogP contribution in [0, 0.1) is 6.92 Å². The van der Waals surface area contributed by atoms with Crippen molar-refractivity contribution in [1.82, 2.24) is 15.2 Å². The minimum atomic E-state index is -1.41. The molecule has 1 aromatic heterocycles. The number of nitrogens with zero attached hydrogens (tertiary/aromatic N) is 2. The van der Waals surface area contributed by atoms with E-state index in [1.165, 1.54) is 11.8 Å². The Bertz CT molecular complexity index is 487. The number of hydrogen-bond donors (Lipinski definition) is 3. The Labute approximate surface area is 103 Å². The molecular formula is C10H12BN3O2S. The van der Waals surface area contributed by atoms with E-state index in [2.05, 4.69) is 15.2 Å². The third-order valence-electron chi connectivity index (χ3n) is 2.22. The summed E-state index contributed by atoms with van der Waals surface area (Å²) in [6.45, 7) is 1.86. The molecule has 0 aliphatic rings. The lowest BCUT2D eigenvalue weighted by Crippen LogP contribution is -2.29. The molecule has 2 rings (SSSR count). The molecule has 1 aromatic carbocycles. The zero-order chi connectivity index (χ0) is 12.3. The Hall–Kier alpha value is -1.31. The number of aryl methyl sites for hydroxylation is 1. The molecule has 0 amide bonds. The molecule has 0 atom stereocenters. The Morgan fingerprint density at radius 2 is 2.00 bits per heavy atom. The van der Waals surface area contributed by atoms with E-state index >= 15 is 0 Å². The van der Waals surface area contributed by atoms with Gasteiger partial charge in [0.25, 0.3) is 0 Å². The fourth-order valence-corrected chi connectivity index (χ4v) is 2.12. The Kier molecular flexibility index (Phi) is 3.83. The van der Waals surface area contributed by atoms with Gasteiger partial charge in [0.1, 0.15) is 5.82 Å². The largest absolute Gasteiger partial charge is 0.488 e. The van der Waals surface area contributed by atoms with Gasteiger partial charge in [-0.1, -0.05) is 36.0 Å². The molecule has 0 saturated carbocycles. The van der Waals surface area contributed by atoms with Crippen LogP contribution in [0.5, 0.6) is 0 Å². The smallest absolute Gasteiger partial charge is 0.423 e. The second kappa shape index (κ2) is 5.35. The lowest BCUT2D eigenvalue weighted by molar-refractivity contribution is 0.426. The monoisotopic (exact) mass is 249 g/mol. The molecule has 3 N–H and O–H groups in total. The molecule has 88 valence electrons. The van der Waals surface area contributed by atoms with Crippen LogP contribution < -0.4 is 5.46 Å². The van der Waals surface area contributed by atoms with E-state index < -0.39 is 7.12 Å². The fraction of sp³-hybridized carbons (Fsp3) is 0.200. The number of hydrogen-bond acceptors (Lipinski definition) is 5. The second-order valence-electron chi connectivity index (χ2n) is 3.61. The van der Waals surface area contributed by atoms with Gasteiger partial charge in [-0.15, -0.1) is 5.10 Å². The van der Waals surface area contributed by atoms with E-state index in [-0.39, 0.29) is 0 Å². The standard InChI is InChI=1S/C10H12BN3O2S/c1-7-12-10(14-13-7)17-6-8-2-4-9(5-3-8)11(15)16/h2-5,15-16H,6H2,1H3,(H,12,13,14). The third-order valence-corrected chi connectivity index (χ3v) is 3.14. The minimum Gasteiger partial charge on any atom is -0.423 e. The van der Waals surface area contributed by atoms with Crippen molar-refractivity contribution in [3.63, 3.8) is 0 Å². The van der Waals surface area contributed by atoms with Crippen LogP contribution in [0.3, 0.4) is 0 Å².